The third-order valence-electron chi connectivity index (χ3n) is 4.45. The second-order valence-electron chi connectivity index (χ2n) is 5.94. The van der Waals surface area contributed by atoms with E-state index in [1.165, 1.54) is 31.2 Å². The first-order valence-corrected chi connectivity index (χ1v) is 9.01. The molecule has 1 saturated carbocycles. The van der Waals surface area contributed by atoms with Gasteiger partial charge in [-0.1, -0.05) is 59.3 Å². The van der Waals surface area contributed by atoms with E-state index in [0.29, 0.717) is 5.92 Å². The van der Waals surface area contributed by atoms with Gasteiger partial charge in [0.25, 0.3) is 0 Å². The lowest BCUT2D eigenvalue weighted by Crippen LogP contribution is -2.31. The minimum absolute atomic E-state index is 0.669. The van der Waals surface area contributed by atoms with E-state index in [0.717, 1.165) is 41.5 Å². The second kappa shape index (κ2) is 9.14. The molecule has 1 aliphatic carbocycles. The Kier molecular flexibility index (Phi) is 7.51. The predicted molar refractivity (Wildman–Crippen MR) is 93.0 cm³/mol. The van der Waals surface area contributed by atoms with E-state index in [2.05, 4.69) is 33.4 Å². The highest BCUT2D eigenvalue weighted by molar-refractivity contribution is 9.10. The third kappa shape index (κ3) is 5.55. The molecule has 1 aliphatic rings. The van der Waals surface area contributed by atoms with E-state index in [-0.39, 0.29) is 0 Å². The van der Waals surface area contributed by atoms with Crippen molar-refractivity contribution < 1.29 is 4.74 Å². The summed E-state index contributed by atoms with van der Waals surface area (Å²) in [5.74, 6) is 1.50. The van der Waals surface area contributed by atoms with Crippen LogP contribution in [-0.2, 0) is 11.2 Å². The molecular weight excluding hydrogens is 350 g/mol. The van der Waals surface area contributed by atoms with E-state index < -0.39 is 0 Å². The topological polar surface area (TPSA) is 21.3 Å². The Morgan fingerprint density at radius 1 is 1.38 bits per heavy atom. The fraction of sp³-hybridized carbons (Fsp3) is 0.647. The molecule has 0 radical (unpaired) electrons. The first-order valence-electron chi connectivity index (χ1n) is 7.84. The Bertz CT molecular complexity index is 435. The molecule has 1 unspecified atom stereocenters. The minimum atomic E-state index is 0.669. The molecule has 0 bridgehead atoms. The first kappa shape index (κ1) is 17.3. The van der Waals surface area contributed by atoms with Crippen LogP contribution in [0.2, 0.25) is 5.02 Å². The molecule has 118 valence electrons. The molecule has 0 heterocycles. The molecule has 1 aromatic rings. The summed E-state index contributed by atoms with van der Waals surface area (Å²) in [6, 6.07) is 6.25. The maximum atomic E-state index is 6.39. The summed E-state index contributed by atoms with van der Waals surface area (Å²) in [4.78, 5) is 0. The molecule has 0 saturated heterocycles. The van der Waals surface area contributed by atoms with Gasteiger partial charge < -0.3 is 10.1 Å². The van der Waals surface area contributed by atoms with Gasteiger partial charge in [0.2, 0.25) is 0 Å². The molecule has 2 nitrogen and oxygen atoms in total. The van der Waals surface area contributed by atoms with Crippen molar-refractivity contribution in [2.24, 2.45) is 11.8 Å². The fourth-order valence-corrected chi connectivity index (χ4v) is 4.02. The quantitative estimate of drug-likeness (QED) is 0.667. The molecule has 4 heteroatoms. The second-order valence-corrected chi connectivity index (χ2v) is 7.26. The number of nitrogens with one attached hydrogen (secondary N) is 1. The van der Waals surface area contributed by atoms with Crippen LogP contribution in [0.3, 0.4) is 0 Å². The summed E-state index contributed by atoms with van der Waals surface area (Å²) in [5.41, 5.74) is 1.27. The Hall–Kier alpha value is -0.0900. The lowest BCUT2D eigenvalue weighted by molar-refractivity contribution is 0.195. The van der Waals surface area contributed by atoms with E-state index in [4.69, 9.17) is 16.3 Å². The van der Waals surface area contributed by atoms with Gasteiger partial charge in [-0.2, -0.15) is 0 Å². The number of halogens is 2. The predicted octanol–water partition coefficient (Wildman–Crippen LogP) is 4.69. The minimum Gasteiger partial charge on any atom is -0.383 e. The van der Waals surface area contributed by atoms with E-state index >= 15 is 0 Å². The third-order valence-corrected chi connectivity index (χ3v) is 5.30. The lowest BCUT2D eigenvalue weighted by Gasteiger charge is -2.24. The number of methoxy groups -OCH3 is 1. The van der Waals surface area contributed by atoms with Gasteiger partial charge in [-0.15, -0.1) is 0 Å². The summed E-state index contributed by atoms with van der Waals surface area (Å²) in [5, 5.41) is 4.42. The summed E-state index contributed by atoms with van der Waals surface area (Å²) in [6.07, 6.45) is 6.56. The number of ether oxygens (including phenoxy) is 1. The number of hydrogen-bond acceptors (Lipinski definition) is 2. The summed E-state index contributed by atoms with van der Waals surface area (Å²) in [6.45, 7) is 2.75. The number of benzene rings is 1. The molecule has 21 heavy (non-hydrogen) atoms. The Balaban J connectivity index is 1.96. The highest BCUT2D eigenvalue weighted by atomic mass is 79.9. The number of rotatable bonds is 8. The Morgan fingerprint density at radius 3 is 2.81 bits per heavy atom. The van der Waals surface area contributed by atoms with Crippen molar-refractivity contribution in [1.29, 1.82) is 0 Å². The highest BCUT2D eigenvalue weighted by Gasteiger charge is 2.25. The van der Waals surface area contributed by atoms with Crippen molar-refractivity contribution in [1.82, 2.24) is 5.32 Å². The summed E-state index contributed by atoms with van der Waals surface area (Å²) in [7, 11) is 1.75. The van der Waals surface area contributed by atoms with E-state index in [9.17, 15) is 0 Å². The molecular formula is C17H25BrClNO. The van der Waals surface area contributed by atoms with Crippen molar-refractivity contribution in [2.75, 3.05) is 26.8 Å². The normalized spacial score (nSPS) is 17.3. The van der Waals surface area contributed by atoms with Crippen LogP contribution < -0.4 is 5.32 Å². The van der Waals surface area contributed by atoms with E-state index in [1.54, 1.807) is 7.11 Å². The van der Waals surface area contributed by atoms with Gasteiger partial charge in [-0.3, -0.25) is 0 Å². The zero-order chi connectivity index (χ0) is 15.1. The SMILES string of the molecule is COCCNCC(Cc1ccc(Br)cc1Cl)C1CCCC1. The monoisotopic (exact) mass is 373 g/mol. The van der Waals surface area contributed by atoms with Crippen molar-refractivity contribution in [3.63, 3.8) is 0 Å². The van der Waals surface area contributed by atoms with Crippen LogP contribution in [0.4, 0.5) is 0 Å². The van der Waals surface area contributed by atoms with Gasteiger partial charge in [-0.25, -0.2) is 0 Å². The first-order chi connectivity index (χ1) is 10.2. The van der Waals surface area contributed by atoms with Crippen molar-refractivity contribution in [3.8, 4) is 0 Å². The van der Waals surface area contributed by atoms with Crippen molar-refractivity contribution in [2.45, 2.75) is 32.1 Å². The van der Waals surface area contributed by atoms with Crippen LogP contribution in [0.5, 0.6) is 0 Å². The van der Waals surface area contributed by atoms with Gasteiger partial charge in [0, 0.05) is 23.1 Å². The van der Waals surface area contributed by atoms with Crippen molar-refractivity contribution in [3.05, 3.63) is 33.3 Å². The van der Waals surface area contributed by atoms with Crippen molar-refractivity contribution >= 4 is 27.5 Å². The lowest BCUT2D eigenvalue weighted by atomic mass is 9.85. The van der Waals surface area contributed by atoms with Gasteiger partial charge >= 0.3 is 0 Å². The smallest absolute Gasteiger partial charge is 0.0587 e. The van der Waals surface area contributed by atoms with Crippen LogP contribution in [0.25, 0.3) is 0 Å². The van der Waals surface area contributed by atoms with Gasteiger partial charge in [0.15, 0.2) is 0 Å². The Morgan fingerprint density at radius 2 is 2.14 bits per heavy atom. The van der Waals surface area contributed by atoms with Crippen LogP contribution >= 0.6 is 27.5 Å². The van der Waals surface area contributed by atoms with E-state index in [1.807, 2.05) is 6.07 Å². The maximum Gasteiger partial charge on any atom is 0.0587 e. The van der Waals surface area contributed by atoms with Gasteiger partial charge in [0.05, 0.1) is 6.61 Å². The average molecular weight is 375 g/mol. The highest BCUT2D eigenvalue weighted by Crippen LogP contribution is 2.34. The van der Waals surface area contributed by atoms with Crippen LogP contribution in [0, 0.1) is 11.8 Å². The maximum absolute atomic E-state index is 6.39. The van der Waals surface area contributed by atoms with Crippen LogP contribution in [0.15, 0.2) is 22.7 Å². The zero-order valence-corrected chi connectivity index (χ0v) is 15.0. The Labute approximate surface area is 141 Å². The molecule has 0 spiro atoms. The standard InChI is InChI=1S/C17H25BrClNO/c1-21-9-8-20-12-15(13-4-2-3-5-13)10-14-6-7-16(18)11-17(14)19/h6-7,11,13,15,20H,2-5,8-10,12H2,1H3. The van der Waals surface area contributed by atoms with Gasteiger partial charge in [-0.05, 0) is 42.5 Å². The molecule has 0 amide bonds. The molecule has 0 aliphatic heterocycles. The molecule has 2 rings (SSSR count). The van der Waals surface area contributed by atoms with Gasteiger partial charge in [0.1, 0.15) is 0 Å². The molecule has 1 atom stereocenters. The molecule has 1 aromatic carbocycles. The molecule has 1 fully saturated rings. The zero-order valence-electron chi connectivity index (χ0n) is 12.7. The average Bonchev–Trinajstić information content (AvgIpc) is 2.98. The molecule has 0 aromatic heterocycles. The summed E-state index contributed by atoms with van der Waals surface area (Å²) < 4.78 is 6.16. The summed E-state index contributed by atoms with van der Waals surface area (Å²) >= 11 is 9.87. The van der Waals surface area contributed by atoms with Crippen LogP contribution in [-0.4, -0.2) is 26.8 Å². The van der Waals surface area contributed by atoms with Crippen LogP contribution in [0.1, 0.15) is 31.2 Å². The fourth-order valence-electron chi connectivity index (χ4n) is 3.27. The molecule has 1 N–H and O–H groups in total. The number of hydrogen-bond donors (Lipinski definition) is 1. The largest absolute Gasteiger partial charge is 0.383 e.